The van der Waals surface area contributed by atoms with Crippen LogP contribution in [0.15, 0.2) is 335 Å². The number of anilines is 12. The third-order valence-electron chi connectivity index (χ3n) is 23.0. The van der Waals surface area contributed by atoms with Crippen LogP contribution >= 0.6 is 23.5 Å². The van der Waals surface area contributed by atoms with Gasteiger partial charge in [0.15, 0.2) is 0 Å². The van der Waals surface area contributed by atoms with Crippen LogP contribution in [0.4, 0.5) is 68.2 Å². The van der Waals surface area contributed by atoms with Gasteiger partial charge in [0.2, 0.25) is 0 Å². The molecule has 0 atom stereocenters. The lowest BCUT2D eigenvalue weighted by atomic mass is 9.28. The molecule has 0 amide bonds. The van der Waals surface area contributed by atoms with Crippen molar-refractivity contribution in [2.75, 3.05) is 19.6 Å². The van der Waals surface area contributed by atoms with Crippen LogP contribution in [0.1, 0.15) is 26.3 Å². The van der Waals surface area contributed by atoms with Crippen molar-refractivity contribution in [2.45, 2.75) is 45.8 Å². The minimum Gasteiger partial charge on any atom is -0.459 e. The van der Waals surface area contributed by atoms with E-state index in [9.17, 15) is 0 Å². The molecule has 6 nitrogen and oxygen atoms in total. The second-order valence-corrected chi connectivity index (χ2v) is 31.8. The average Bonchev–Trinajstić information content (AvgIpc) is 0.662. The van der Waals surface area contributed by atoms with Crippen molar-refractivity contribution in [3.05, 3.63) is 321 Å². The Kier molecular flexibility index (Phi) is 12.6. The second kappa shape index (κ2) is 22.3. The molecule has 8 heterocycles. The van der Waals surface area contributed by atoms with Crippen LogP contribution in [0.3, 0.4) is 0 Å². The second-order valence-electron chi connectivity index (χ2n) is 29.6. The molecule has 23 rings (SSSR count). The summed E-state index contributed by atoms with van der Waals surface area (Å²) in [6, 6.07) is 118. The summed E-state index contributed by atoms with van der Waals surface area (Å²) >= 11 is 3.74. The molecule has 0 fully saturated rings. The van der Waals surface area contributed by atoms with Crippen molar-refractivity contribution in [1.82, 2.24) is 0 Å². The number of hydrogen-bond donors (Lipinski definition) is 0. The van der Waals surface area contributed by atoms with E-state index >= 15 is 0 Å². The van der Waals surface area contributed by atoms with Gasteiger partial charge in [-0.3, -0.25) is 0 Å². The molecule has 0 spiro atoms. The Bertz CT molecular complexity index is 5800. The van der Waals surface area contributed by atoms with Crippen molar-refractivity contribution >= 4 is 161 Å². The quantitative estimate of drug-likeness (QED) is 0.152. The smallest absolute Gasteiger partial charge is 0.261 e. The van der Waals surface area contributed by atoms with Crippen LogP contribution in [0.5, 0.6) is 23.0 Å². The lowest BCUT2D eigenvalue weighted by Gasteiger charge is -2.50. The lowest BCUT2D eigenvalue weighted by molar-refractivity contribution is 0.490. The van der Waals surface area contributed by atoms with Gasteiger partial charge in [-0.25, -0.2) is 0 Å². The van der Waals surface area contributed by atoms with Crippen molar-refractivity contribution in [3.8, 4) is 67.5 Å². The van der Waals surface area contributed by atoms with Crippen LogP contribution in [0, 0.1) is 0 Å². The zero-order valence-corrected chi connectivity index (χ0v) is 59.3. The Labute approximate surface area is 620 Å². The molecule has 0 saturated carbocycles. The fourth-order valence-electron chi connectivity index (χ4n) is 18.7. The van der Waals surface area contributed by atoms with Crippen LogP contribution in [0.2, 0.25) is 0 Å². The fraction of sp³-hybridized carbons (Fsp3) is 0.0426. The standard InChI is InChI=1S/C94H61B3N4O2S2/c1-94(2,3)60-52-71-83-72(53-60)101(89-63(58-32-12-6-13-33-58)38-25-39-64(89)59-34-14-7-15-35-59)76-55-74-85-93(103-78-47-21-17-41-66(78)96(85)68-43-27-51-82-91(68)99(74)70-45-19-23-49-80(70)105-82)87(76)97(83)86-75(100(71)88-61(56-28-8-4-9-29-56)36-24-37-62(88)57-30-10-5-11-31-57)54-73-84-92(86)102-77-46-20-16-40-65(77)95(84)67-42-26-50-81-90(67)98(73)69-44-18-22-48-79(69)104-81/h4-55H,1-3H3. The van der Waals surface area contributed by atoms with Crippen molar-refractivity contribution in [2.24, 2.45) is 0 Å². The first kappa shape index (κ1) is 59.5. The van der Waals surface area contributed by atoms with E-state index in [1.54, 1.807) is 0 Å². The van der Waals surface area contributed by atoms with Crippen LogP contribution in [-0.2, 0) is 5.41 Å². The van der Waals surface area contributed by atoms with Gasteiger partial charge in [0, 0.05) is 76.0 Å². The molecule has 8 aliphatic heterocycles. The highest BCUT2D eigenvalue weighted by molar-refractivity contribution is 8.00. The van der Waals surface area contributed by atoms with Gasteiger partial charge in [0.1, 0.15) is 23.0 Å². The number of fused-ring (bicyclic) bond motifs is 18. The summed E-state index contributed by atoms with van der Waals surface area (Å²) in [4.78, 5) is 15.5. The Hall–Kier alpha value is -12.0. The molecule has 0 aromatic heterocycles. The number of rotatable bonds is 6. The maximum Gasteiger partial charge on any atom is 0.261 e. The van der Waals surface area contributed by atoms with Crippen LogP contribution < -0.4 is 78.2 Å². The Morgan fingerprint density at radius 1 is 0.257 bits per heavy atom. The van der Waals surface area contributed by atoms with Gasteiger partial charge >= 0.3 is 0 Å². The molecule has 0 radical (unpaired) electrons. The molecule has 15 aromatic rings. The third-order valence-corrected chi connectivity index (χ3v) is 25.3. The summed E-state index contributed by atoms with van der Waals surface area (Å²) < 4.78 is 16.5. The molecule has 8 aliphatic rings. The lowest BCUT2D eigenvalue weighted by Crippen LogP contribution is -2.67. The molecule has 11 heteroatoms. The van der Waals surface area contributed by atoms with E-state index in [1.165, 1.54) is 47.4 Å². The first-order valence-electron chi connectivity index (χ1n) is 36.4. The predicted octanol–water partition coefficient (Wildman–Crippen LogP) is 19.5. The summed E-state index contributed by atoms with van der Waals surface area (Å²) in [7, 11) is 0. The van der Waals surface area contributed by atoms with Gasteiger partial charge in [0.25, 0.3) is 20.1 Å². The molecular formula is C94H61B3N4O2S2. The SMILES string of the molecule is CC(C)(C)c1cc2c3c(c1)N(c1c(-c4ccccc4)cccc1-c1ccccc1)c1cc4c5c(c1B3c1c(cc3c6c1Oc1ccccc1B6c1cccc6c1N3c1ccccc1S6)N2c1c(-c2ccccc2)cccc1-c1ccccc1)Oc1ccccc1B5c1cccc2c1N4c1ccccc1S2. The highest BCUT2D eigenvalue weighted by Crippen LogP contribution is 2.61. The summed E-state index contributed by atoms with van der Waals surface area (Å²) in [6.07, 6.45) is 0. The summed E-state index contributed by atoms with van der Waals surface area (Å²) in [5.74, 6) is 3.44. The van der Waals surface area contributed by atoms with Gasteiger partial charge in [-0.2, -0.15) is 0 Å². The van der Waals surface area contributed by atoms with E-state index in [0.29, 0.717) is 0 Å². The van der Waals surface area contributed by atoms with Gasteiger partial charge in [-0.1, -0.05) is 287 Å². The number of ether oxygens (including phenoxy) is 2. The largest absolute Gasteiger partial charge is 0.459 e. The maximum atomic E-state index is 8.24. The normalized spacial score (nSPS) is 14.2. The summed E-state index contributed by atoms with van der Waals surface area (Å²) in [5, 5.41) is 0. The van der Waals surface area contributed by atoms with E-state index in [1.807, 2.05) is 23.5 Å². The molecule has 0 bridgehead atoms. The zero-order valence-electron chi connectivity index (χ0n) is 57.7. The highest BCUT2D eigenvalue weighted by Gasteiger charge is 2.56. The molecule has 0 saturated heterocycles. The maximum absolute atomic E-state index is 8.24. The monoisotopic (exact) mass is 1370 g/mol. The first-order chi connectivity index (χ1) is 51.8. The zero-order chi connectivity index (χ0) is 69.1. The van der Waals surface area contributed by atoms with Gasteiger partial charge in [0.05, 0.1) is 34.1 Å². The topological polar surface area (TPSA) is 31.4 Å². The van der Waals surface area contributed by atoms with Crippen molar-refractivity contribution in [1.29, 1.82) is 0 Å². The van der Waals surface area contributed by atoms with E-state index in [-0.39, 0.29) is 18.8 Å². The third kappa shape index (κ3) is 8.39. The van der Waals surface area contributed by atoms with Crippen LogP contribution in [-0.4, -0.2) is 20.1 Å². The molecule has 15 aromatic carbocycles. The fourth-order valence-corrected chi connectivity index (χ4v) is 20.9. The number of para-hydroxylation sites is 8. The number of nitrogens with zero attached hydrogens (tertiary/aromatic N) is 4. The Morgan fingerprint density at radius 3 is 0.952 bits per heavy atom. The van der Waals surface area contributed by atoms with Crippen molar-refractivity contribution < 1.29 is 9.47 Å². The van der Waals surface area contributed by atoms with Gasteiger partial charge in [-0.05, 0) is 155 Å². The summed E-state index contributed by atoms with van der Waals surface area (Å²) in [6.45, 7) is 6.25. The summed E-state index contributed by atoms with van der Waals surface area (Å²) in [5.41, 5.74) is 33.5. The molecule has 0 N–H and O–H groups in total. The van der Waals surface area contributed by atoms with Gasteiger partial charge in [-0.15, -0.1) is 0 Å². The highest BCUT2D eigenvalue weighted by atomic mass is 32.2. The van der Waals surface area contributed by atoms with E-state index in [0.717, 1.165) is 163 Å². The number of hydrogen-bond acceptors (Lipinski definition) is 8. The van der Waals surface area contributed by atoms with E-state index < -0.39 is 6.71 Å². The molecule has 490 valence electrons. The minimum absolute atomic E-state index is 0.195. The van der Waals surface area contributed by atoms with Crippen molar-refractivity contribution in [3.63, 3.8) is 0 Å². The van der Waals surface area contributed by atoms with E-state index in [2.05, 4.69) is 356 Å². The average molecular weight is 1380 g/mol. The minimum atomic E-state index is -0.527. The molecule has 0 aliphatic carbocycles. The predicted molar refractivity (Wildman–Crippen MR) is 441 cm³/mol. The van der Waals surface area contributed by atoms with Crippen LogP contribution in [0.25, 0.3) is 44.5 Å². The Balaban J connectivity index is 0.951. The van der Waals surface area contributed by atoms with Gasteiger partial charge < -0.3 is 29.1 Å². The first-order valence-corrected chi connectivity index (χ1v) is 38.0. The molecule has 0 unspecified atom stereocenters. The molecule has 105 heavy (non-hydrogen) atoms. The Morgan fingerprint density at radius 2 is 0.562 bits per heavy atom. The number of benzene rings is 15. The molecular weight excluding hydrogens is 1310 g/mol. The van der Waals surface area contributed by atoms with E-state index in [4.69, 9.17) is 9.47 Å².